The van der Waals surface area contributed by atoms with Gasteiger partial charge in [-0.15, -0.1) is 0 Å². The standard InChI is InChI=1S/C19H19N3O6/c1-2-26-13-5-3-12(4-6-13)18-21-17(28-22-18)10-9-16(23)20-11-14-7-8-15(27-14)19(24)25/h3-8H,2,9-11H2,1H3,(H,20,23)(H,24,25). The van der Waals surface area contributed by atoms with Crippen LogP contribution in [0.2, 0.25) is 0 Å². The molecule has 2 heterocycles. The van der Waals surface area contributed by atoms with Gasteiger partial charge < -0.3 is 24.1 Å². The minimum Gasteiger partial charge on any atom is -0.494 e. The van der Waals surface area contributed by atoms with Crippen molar-refractivity contribution in [2.45, 2.75) is 26.3 Å². The molecule has 2 N–H and O–H groups in total. The van der Waals surface area contributed by atoms with Crippen LogP contribution in [-0.2, 0) is 17.8 Å². The first-order valence-electron chi connectivity index (χ1n) is 8.69. The molecule has 0 unspecified atom stereocenters. The van der Waals surface area contributed by atoms with Crippen molar-refractivity contribution in [2.75, 3.05) is 6.61 Å². The summed E-state index contributed by atoms with van der Waals surface area (Å²) in [6, 6.07) is 10.2. The van der Waals surface area contributed by atoms with Crippen LogP contribution in [0, 0.1) is 0 Å². The van der Waals surface area contributed by atoms with Crippen molar-refractivity contribution in [1.82, 2.24) is 15.5 Å². The van der Waals surface area contributed by atoms with E-state index in [1.54, 1.807) is 0 Å². The SMILES string of the molecule is CCOc1ccc(-c2noc(CCC(=O)NCc3ccc(C(=O)O)o3)n2)cc1. The number of nitrogens with zero attached hydrogens (tertiary/aromatic N) is 2. The Balaban J connectivity index is 1.48. The zero-order valence-corrected chi connectivity index (χ0v) is 15.2. The molecule has 0 bridgehead atoms. The van der Waals surface area contributed by atoms with Crippen molar-refractivity contribution in [3.63, 3.8) is 0 Å². The van der Waals surface area contributed by atoms with Crippen LogP contribution < -0.4 is 10.1 Å². The van der Waals surface area contributed by atoms with Crippen molar-refractivity contribution >= 4 is 11.9 Å². The first kappa shape index (κ1) is 19.2. The van der Waals surface area contributed by atoms with Crippen molar-refractivity contribution in [1.29, 1.82) is 0 Å². The minimum atomic E-state index is -1.16. The Morgan fingerprint density at radius 3 is 2.64 bits per heavy atom. The van der Waals surface area contributed by atoms with Gasteiger partial charge >= 0.3 is 5.97 Å². The monoisotopic (exact) mass is 385 g/mol. The van der Waals surface area contributed by atoms with Crippen molar-refractivity contribution in [3.8, 4) is 17.1 Å². The molecule has 3 aromatic rings. The number of amides is 1. The summed E-state index contributed by atoms with van der Waals surface area (Å²) in [5.74, 6) is 0.351. The van der Waals surface area contributed by atoms with Crippen LogP contribution in [0.1, 0.15) is 35.6 Å². The first-order valence-corrected chi connectivity index (χ1v) is 8.69. The third kappa shape index (κ3) is 4.97. The van der Waals surface area contributed by atoms with Crippen molar-refractivity contribution in [3.05, 3.63) is 53.8 Å². The number of aromatic carboxylic acids is 1. The Bertz CT molecular complexity index is 945. The predicted octanol–water partition coefficient (Wildman–Crippen LogP) is 2.68. The van der Waals surface area contributed by atoms with Crippen LogP contribution in [0.4, 0.5) is 0 Å². The third-order valence-corrected chi connectivity index (χ3v) is 3.79. The van der Waals surface area contributed by atoms with E-state index in [2.05, 4.69) is 15.5 Å². The van der Waals surface area contributed by atoms with Crippen LogP contribution in [0.25, 0.3) is 11.4 Å². The van der Waals surface area contributed by atoms with Crippen molar-refractivity contribution in [2.24, 2.45) is 0 Å². The summed E-state index contributed by atoms with van der Waals surface area (Å²) >= 11 is 0. The van der Waals surface area contributed by atoms with Crippen LogP contribution in [0.3, 0.4) is 0 Å². The Kier molecular flexibility index (Phi) is 6.05. The summed E-state index contributed by atoms with van der Waals surface area (Å²) in [7, 11) is 0. The predicted molar refractivity (Wildman–Crippen MR) is 96.7 cm³/mol. The smallest absolute Gasteiger partial charge is 0.371 e. The molecule has 1 aromatic carbocycles. The fraction of sp³-hybridized carbons (Fsp3) is 0.263. The van der Waals surface area contributed by atoms with Gasteiger partial charge in [-0.05, 0) is 43.3 Å². The Morgan fingerprint density at radius 2 is 1.96 bits per heavy atom. The summed E-state index contributed by atoms with van der Waals surface area (Å²) < 4.78 is 15.6. The second kappa shape index (κ2) is 8.85. The summed E-state index contributed by atoms with van der Waals surface area (Å²) in [6.07, 6.45) is 0.436. The van der Waals surface area contributed by atoms with E-state index in [4.69, 9.17) is 18.8 Å². The second-order valence-electron chi connectivity index (χ2n) is 5.82. The lowest BCUT2D eigenvalue weighted by Gasteiger charge is -2.02. The number of hydrogen-bond acceptors (Lipinski definition) is 7. The number of furan rings is 1. The molecule has 0 aliphatic rings. The maximum Gasteiger partial charge on any atom is 0.371 e. The van der Waals surface area contributed by atoms with Gasteiger partial charge in [-0.1, -0.05) is 5.16 Å². The number of carbonyl (C=O) groups excluding carboxylic acids is 1. The van der Waals surface area contributed by atoms with E-state index in [1.807, 2.05) is 31.2 Å². The van der Waals surface area contributed by atoms with E-state index in [0.717, 1.165) is 11.3 Å². The highest BCUT2D eigenvalue weighted by Crippen LogP contribution is 2.20. The molecule has 0 aliphatic carbocycles. The molecule has 146 valence electrons. The molecule has 0 aliphatic heterocycles. The van der Waals surface area contributed by atoms with Gasteiger partial charge in [-0.3, -0.25) is 4.79 Å². The maximum atomic E-state index is 11.9. The number of aryl methyl sites for hydroxylation is 1. The highest BCUT2D eigenvalue weighted by Gasteiger charge is 2.12. The van der Waals surface area contributed by atoms with Crippen LogP contribution in [0.5, 0.6) is 5.75 Å². The Labute approximate surface area is 160 Å². The number of hydrogen-bond donors (Lipinski definition) is 2. The summed E-state index contributed by atoms with van der Waals surface area (Å²) in [5.41, 5.74) is 0.787. The lowest BCUT2D eigenvalue weighted by molar-refractivity contribution is -0.121. The van der Waals surface area contributed by atoms with Gasteiger partial charge in [0.15, 0.2) is 0 Å². The molecule has 9 nitrogen and oxygen atoms in total. The van der Waals surface area contributed by atoms with Crippen LogP contribution in [0.15, 0.2) is 45.3 Å². The lowest BCUT2D eigenvalue weighted by Crippen LogP contribution is -2.22. The van der Waals surface area contributed by atoms with E-state index < -0.39 is 5.97 Å². The molecule has 9 heteroatoms. The molecule has 0 saturated heterocycles. The average molecular weight is 385 g/mol. The second-order valence-corrected chi connectivity index (χ2v) is 5.82. The summed E-state index contributed by atoms with van der Waals surface area (Å²) in [4.78, 5) is 27.0. The van der Waals surface area contributed by atoms with Crippen molar-refractivity contribution < 1.29 is 28.4 Å². The molecule has 28 heavy (non-hydrogen) atoms. The summed E-state index contributed by atoms with van der Waals surface area (Å²) in [6.45, 7) is 2.61. The van der Waals surface area contributed by atoms with E-state index >= 15 is 0 Å². The topological polar surface area (TPSA) is 128 Å². The quantitative estimate of drug-likeness (QED) is 0.575. The fourth-order valence-electron chi connectivity index (χ4n) is 2.42. The van der Waals surface area contributed by atoms with Gasteiger partial charge in [0.25, 0.3) is 0 Å². The van der Waals surface area contributed by atoms with Gasteiger partial charge in [0.2, 0.25) is 23.4 Å². The largest absolute Gasteiger partial charge is 0.494 e. The fourth-order valence-corrected chi connectivity index (χ4v) is 2.42. The molecule has 0 atom stereocenters. The molecule has 3 rings (SSSR count). The van der Waals surface area contributed by atoms with E-state index in [9.17, 15) is 9.59 Å². The van der Waals surface area contributed by atoms with E-state index in [0.29, 0.717) is 24.1 Å². The van der Waals surface area contributed by atoms with E-state index in [1.165, 1.54) is 12.1 Å². The molecule has 0 saturated carbocycles. The molecule has 0 fully saturated rings. The van der Waals surface area contributed by atoms with Gasteiger partial charge in [0.05, 0.1) is 13.2 Å². The van der Waals surface area contributed by atoms with Crippen LogP contribution >= 0.6 is 0 Å². The number of carboxylic acids is 1. The number of rotatable bonds is 9. The third-order valence-electron chi connectivity index (χ3n) is 3.79. The van der Waals surface area contributed by atoms with Gasteiger partial charge in [-0.25, -0.2) is 4.79 Å². The summed E-state index contributed by atoms with van der Waals surface area (Å²) in [5, 5.41) is 15.4. The molecule has 2 aromatic heterocycles. The number of aromatic nitrogens is 2. The molecule has 0 spiro atoms. The lowest BCUT2D eigenvalue weighted by atomic mass is 10.2. The number of ether oxygens (including phenoxy) is 1. The Morgan fingerprint density at radius 1 is 1.18 bits per heavy atom. The number of carbonyl (C=O) groups is 2. The highest BCUT2D eigenvalue weighted by atomic mass is 16.5. The molecular formula is C19H19N3O6. The zero-order valence-electron chi connectivity index (χ0n) is 15.2. The van der Waals surface area contributed by atoms with Gasteiger partial charge in [-0.2, -0.15) is 4.98 Å². The Hall–Kier alpha value is -3.62. The normalized spacial score (nSPS) is 10.6. The number of carboxylic acid groups (broad SMARTS) is 1. The molecular weight excluding hydrogens is 366 g/mol. The average Bonchev–Trinajstić information content (AvgIpc) is 3.35. The van der Waals surface area contributed by atoms with E-state index in [-0.39, 0.29) is 31.1 Å². The molecule has 0 radical (unpaired) electrons. The number of benzene rings is 1. The first-order chi connectivity index (χ1) is 13.5. The van der Waals surface area contributed by atoms with Crippen LogP contribution in [-0.4, -0.2) is 33.7 Å². The highest BCUT2D eigenvalue weighted by molar-refractivity contribution is 5.84. The van der Waals surface area contributed by atoms with Gasteiger partial charge in [0, 0.05) is 18.4 Å². The number of nitrogens with one attached hydrogen (secondary N) is 1. The minimum absolute atomic E-state index is 0.105. The molecule has 1 amide bonds. The van der Waals surface area contributed by atoms with Gasteiger partial charge in [0.1, 0.15) is 11.5 Å². The maximum absolute atomic E-state index is 11.9. The zero-order chi connectivity index (χ0) is 19.9.